The second-order valence-corrected chi connectivity index (χ2v) is 6.07. The molecule has 1 aromatic heterocycles. The van der Waals surface area contributed by atoms with E-state index in [1.807, 2.05) is 0 Å². The highest BCUT2D eigenvalue weighted by molar-refractivity contribution is 6.03. The average molecular weight is 392 g/mol. The van der Waals surface area contributed by atoms with Crippen molar-refractivity contribution in [3.8, 4) is 5.75 Å². The number of amides is 1. The van der Waals surface area contributed by atoms with Gasteiger partial charge in [-0.1, -0.05) is 6.07 Å². The molecule has 1 amide bonds. The van der Waals surface area contributed by atoms with Gasteiger partial charge in [-0.3, -0.25) is 4.79 Å². The number of carbonyl (C=O) groups excluding carboxylic acids is 2. The van der Waals surface area contributed by atoms with Crippen LogP contribution >= 0.6 is 0 Å². The highest BCUT2D eigenvalue weighted by Gasteiger charge is 2.12. The number of aromatic nitrogens is 2. The van der Waals surface area contributed by atoms with Crippen molar-refractivity contribution in [2.45, 2.75) is 6.92 Å². The molecule has 0 fully saturated rings. The number of aryl methyl sites for hydroxylation is 1. The van der Waals surface area contributed by atoms with Crippen molar-refractivity contribution in [1.82, 2.24) is 9.97 Å². The molecule has 0 unspecified atom stereocenters. The van der Waals surface area contributed by atoms with Gasteiger partial charge in [-0.05, 0) is 43.3 Å². The number of ether oxygens (including phenoxy) is 2. The van der Waals surface area contributed by atoms with Crippen LogP contribution in [0.2, 0.25) is 0 Å². The lowest BCUT2D eigenvalue weighted by molar-refractivity contribution is 0.0600. The van der Waals surface area contributed by atoms with Gasteiger partial charge in [0.15, 0.2) is 0 Å². The predicted octanol–water partition coefficient (Wildman–Crippen LogP) is 3.58. The minimum atomic E-state index is -0.411. The SMILES string of the molecule is COC(=O)c1ccc(Nc2cc(C(=O)Nc3cccc(OC)c3)nc(C)n2)cc1. The Bertz CT molecular complexity index is 1040. The van der Waals surface area contributed by atoms with E-state index in [0.717, 1.165) is 0 Å². The number of anilines is 3. The number of rotatable bonds is 6. The Labute approximate surface area is 167 Å². The number of esters is 1. The zero-order chi connectivity index (χ0) is 20.8. The minimum absolute atomic E-state index is 0.217. The summed E-state index contributed by atoms with van der Waals surface area (Å²) in [6, 6.07) is 15.3. The minimum Gasteiger partial charge on any atom is -0.497 e. The molecule has 2 N–H and O–H groups in total. The lowest BCUT2D eigenvalue weighted by Gasteiger charge is -2.10. The Morgan fingerprint density at radius 2 is 1.69 bits per heavy atom. The molecule has 148 valence electrons. The van der Waals surface area contributed by atoms with Crippen LogP contribution in [0.5, 0.6) is 5.75 Å². The Hall–Kier alpha value is -3.94. The molecule has 0 aliphatic heterocycles. The van der Waals surface area contributed by atoms with E-state index in [0.29, 0.717) is 34.3 Å². The van der Waals surface area contributed by atoms with Crippen LogP contribution in [0.15, 0.2) is 54.6 Å². The number of benzene rings is 2. The molecule has 0 bridgehead atoms. The van der Waals surface area contributed by atoms with Gasteiger partial charge in [0.25, 0.3) is 5.91 Å². The van der Waals surface area contributed by atoms with Gasteiger partial charge in [0.2, 0.25) is 0 Å². The lowest BCUT2D eigenvalue weighted by Crippen LogP contribution is -2.15. The molecule has 1 heterocycles. The topological polar surface area (TPSA) is 102 Å². The van der Waals surface area contributed by atoms with Crippen molar-refractivity contribution in [3.05, 3.63) is 71.7 Å². The maximum atomic E-state index is 12.6. The molecule has 0 saturated carbocycles. The normalized spacial score (nSPS) is 10.2. The highest BCUT2D eigenvalue weighted by atomic mass is 16.5. The predicted molar refractivity (Wildman–Crippen MR) is 109 cm³/mol. The fourth-order valence-corrected chi connectivity index (χ4v) is 2.60. The van der Waals surface area contributed by atoms with Crippen molar-refractivity contribution in [2.75, 3.05) is 24.9 Å². The van der Waals surface area contributed by atoms with E-state index in [2.05, 4.69) is 25.3 Å². The van der Waals surface area contributed by atoms with E-state index < -0.39 is 5.97 Å². The first-order chi connectivity index (χ1) is 14.0. The summed E-state index contributed by atoms with van der Waals surface area (Å²) in [5.41, 5.74) is 1.96. The Morgan fingerprint density at radius 3 is 2.38 bits per heavy atom. The largest absolute Gasteiger partial charge is 0.497 e. The van der Waals surface area contributed by atoms with Gasteiger partial charge in [-0.2, -0.15) is 0 Å². The van der Waals surface area contributed by atoms with Gasteiger partial charge in [0.1, 0.15) is 23.1 Å². The maximum Gasteiger partial charge on any atom is 0.337 e. The van der Waals surface area contributed by atoms with Gasteiger partial charge < -0.3 is 20.1 Å². The van der Waals surface area contributed by atoms with Gasteiger partial charge in [0, 0.05) is 23.5 Å². The first kappa shape index (κ1) is 19.8. The summed E-state index contributed by atoms with van der Waals surface area (Å²) in [6.07, 6.45) is 0. The van der Waals surface area contributed by atoms with Crippen molar-refractivity contribution in [2.24, 2.45) is 0 Å². The van der Waals surface area contributed by atoms with Crippen LogP contribution in [-0.4, -0.2) is 36.1 Å². The first-order valence-corrected chi connectivity index (χ1v) is 8.75. The van der Waals surface area contributed by atoms with Gasteiger partial charge >= 0.3 is 5.97 Å². The van der Waals surface area contributed by atoms with E-state index in [9.17, 15) is 9.59 Å². The average Bonchev–Trinajstić information content (AvgIpc) is 2.73. The molecular weight excluding hydrogens is 372 g/mol. The molecule has 8 nitrogen and oxygen atoms in total. The summed E-state index contributed by atoms with van der Waals surface area (Å²) in [7, 11) is 2.89. The van der Waals surface area contributed by atoms with E-state index in [1.54, 1.807) is 68.6 Å². The quantitative estimate of drug-likeness (QED) is 0.618. The third-order valence-electron chi connectivity index (χ3n) is 3.98. The Morgan fingerprint density at radius 1 is 0.931 bits per heavy atom. The molecular formula is C21H20N4O4. The number of nitrogens with zero attached hydrogens (tertiary/aromatic N) is 2. The van der Waals surface area contributed by atoms with E-state index >= 15 is 0 Å². The van der Waals surface area contributed by atoms with Crippen LogP contribution in [0.3, 0.4) is 0 Å². The molecule has 0 spiro atoms. The van der Waals surface area contributed by atoms with Crippen LogP contribution in [0.1, 0.15) is 26.7 Å². The van der Waals surface area contributed by atoms with Crippen molar-refractivity contribution < 1.29 is 19.1 Å². The number of carbonyl (C=O) groups is 2. The van der Waals surface area contributed by atoms with Crippen LogP contribution in [-0.2, 0) is 4.74 Å². The molecule has 0 aliphatic rings. The van der Waals surface area contributed by atoms with Crippen molar-refractivity contribution in [1.29, 1.82) is 0 Å². The summed E-state index contributed by atoms with van der Waals surface area (Å²) < 4.78 is 9.84. The van der Waals surface area contributed by atoms with E-state index in [1.165, 1.54) is 7.11 Å². The fourth-order valence-electron chi connectivity index (χ4n) is 2.60. The summed E-state index contributed by atoms with van der Waals surface area (Å²) >= 11 is 0. The number of hydrogen-bond donors (Lipinski definition) is 2. The van der Waals surface area contributed by atoms with Gasteiger partial charge in [-0.15, -0.1) is 0 Å². The molecule has 29 heavy (non-hydrogen) atoms. The van der Waals surface area contributed by atoms with Gasteiger partial charge in [-0.25, -0.2) is 14.8 Å². The maximum absolute atomic E-state index is 12.6. The second kappa shape index (κ2) is 8.83. The highest BCUT2D eigenvalue weighted by Crippen LogP contribution is 2.19. The lowest BCUT2D eigenvalue weighted by atomic mass is 10.2. The first-order valence-electron chi connectivity index (χ1n) is 8.75. The number of hydrogen-bond acceptors (Lipinski definition) is 7. The molecule has 0 atom stereocenters. The van der Waals surface area contributed by atoms with Crippen molar-refractivity contribution >= 4 is 29.1 Å². The molecule has 0 aliphatic carbocycles. The molecule has 8 heteroatoms. The van der Waals surface area contributed by atoms with E-state index in [4.69, 9.17) is 4.74 Å². The molecule has 0 saturated heterocycles. The summed E-state index contributed by atoms with van der Waals surface area (Å²) in [5, 5.41) is 5.89. The smallest absolute Gasteiger partial charge is 0.337 e. The second-order valence-electron chi connectivity index (χ2n) is 6.07. The van der Waals surface area contributed by atoms with Crippen LogP contribution in [0.25, 0.3) is 0 Å². The van der Waals surface area contributed by atoms with Crippen LogP contribution in [0, 0.1) is 6.92 Å². The van der Waals surface area contributed by atoms with E-state index in [-0.39, 0.29) is 11.6 Å². The summed E-state index contributed by atoms with van der Waals surface area (Å²) in [6.45, 7) is 1.70. The zero-order valence-corrected chi connectivity index (χ0v) is 16.2. The molecule has 3 rings (SSSR count). The van der Waals surface area contributed by atoms with Crippen LogP contribution < -0.4 is 15.4 Å². The summed E-state index contributed by atoms with van der Waals surface area (Å²) in [5.74, 6) is 0.759. The summed E-state index contributed by atoms with van der Waals surface area (Å²) in [4.78, 5) is 32.6. The van der Waals surface area contributed by atoms with Gasteiger partial charge in [0.05, 0.1) is 19.8 Å². The fraction of sp³-hybridized carbons (Fsp3) is 0.143. The standard InChI is InChI=1S/C21H20N4O4/c1-13-22-18(20(26)25-16-5-4-6-17(11-16)28-2)12-19(23-13)24-15-9-7-14(8-10-15)21(27)29-3/h4-12H,1-3H3,(H,25,26)(H,22,23,24). The molecule has 2 aromatic carbocycles. The molecule has 0 radical (unpaired) electrons. The van der Waals surface area contributed by atoms with Crippen LogP contribution in [0.4, 0.5) is 17.2 Å². The monoisotopic (exact) mass is 392 g/mol. The Balaban J connectivity index is 1.76. The Kier molecular flexibility index (Phi) is 6.03. The number of methoxy groups -OCH3 is 2. The van der Waals surface area contributed by atoms with Crippen molar-refractivity contribution in [3.63, 3.8) is 0 Å². The number of nitrogens with one attached hydrogen (secondary N) is 2. The zero-order valence-electron chi connectivity index (χ0n) is 16.2. The third-order valence-corrected chi connectivity index (χ3v) is 3.98. The third kappa shape index (κ3) is 5.07. The molecule has 3 aromatic rings.